The quantitative estimate of drug-likeness (QED) is 0.365. The van der Waals surface area contributed by atoms with Crippen molar-refractivity contribution in [3.63, 3.8) is 0 Å². The highest BCUT2D eigenvalue weighted by Gasteiger charge is 1.93. The van der Waals surface area contributed by atoms with Gasteiger partial charge in [-0.3, -0.25) is 28.8 Å². The predicted molar refractivity (Wildman–Crippen MR) is 135 cm³/mol. The maximum atomic E-state index is 10.0. The van der Waals surface area contributed by atoms with Gasteiger partial charge in [-0.25, -0.2) is 0 Å². The van der Waals surface area contributed by atoms with Gasteiger partial charge in [0.05, 0.1) is 53.2 Å². The molecule has 0 saturated carbocycles. The second-order valence-corrected chi connectivity index (χ2v) is 5.67. The summed E-state index contributed by atoms with van der Waals surface area (Å²) in [5, 5.41) is 8.07. The van der Waals surface area contributed by atoms with Crippen molar-refractivity contribution < 1.29 is 62.3 Å². The van der Waals surface area contributed by atoms with Gasteiger partial charge >= 0.3 is 35.8 Å². The van der Waals surface area contributed by atoms with Crippen LogP contribution in [-0.2, 0) is 57.2 Å². The van der Waals surface area contributed by atoms with E-state index in [0.29, 0.717) is 33.0 Å². The van der Waals surface area contributed by atoms with Crippen LogP contribution in [-0.4, -0.2) is 87.7 Å². The lowest BCUT2D eigenvalue weighted by Gasteiger charge is -1.90. The highest BCUT2D eigenvalue weighted by molar-refractivity contribution is 5.69. The van der Waals surface area contributed by atoms with Crippen molar-refractivity contribution in [1.82, 2.24) is 0 Å². The van der Waals surface area contributed by atoms with Crippen LogP contribution in [0, 0.1) is 0 Å². The maximum Gasteiger partial charge on any atom is 0.307 e. The van der Waals surface area contributed by atoms with Crippen LogP contribution >= 0.6 is 0 Å². The van der Waals surface area contributed by atoms with Gasteiger partial charge in [0, 0.05) is 34.6 Å². The lowest BCUT2D eigenvalue weighted by Crippen LogP contribution is -2.01. The van der Waals surface area contributed by atoms with Crippen LogP contribution in [0.2, 0.25) is 0 Å². The van der Waals surface area contributed by atoms with Gasteiger partial charge in [0.2, 0.25) is 0 Å². The number of hydrogen-bond donors (Lipinski definition) is 1. The lowest BCUT2D eigenvalue weighted by atomic mass is 10.5. The molecule has 1 N–H and O–H groups in total. The van der Waals surface area contributed by atoms with Crippen LogP contribution in [0.15, 0.2) is 0 Å². The molecule has 0 unspecified atom stereocenters. The Morgan fingerprint density at radius 1 is 0.486 bits per heavy atom. The van der Waals surface area contributed by atoms with Gasteiger partial charge in [0.25, 0.3) is 0 Å². The summed E-state index contributed by atoms with van der Waals surface area (Å²) in [7, 11) is 1.29. The van der Waals surface area contributed by atoms with E-state index in [4.69, 9.17) is 5.11 Å². The van der Waals surface area contributed by atoms with Gasteiger partial charge in [-0.05, 0) is 34.6 Å². The second-order valence-electron chi connectivity index (χ2n) is 5.67. The van der Waals surface area contributed by atoms with Gasteiger partial charge in [0.15, 0.2) is 0 Å². The molecule has 0 saturated heterocycles. The number of aliphatic hydroxyl groups excluding tert-OH is 1. The number of methoxy groups -OCH3 is 1. The molecule has 0 spiro atoms. The van der Waals surface area contributed by atoms with Crippen molar-refractivity contribution in [2.24, 2.45) is 0 Å². The molecule has 13 nitrogen and oxygen atoms in total. The summed E-state index contributed by atoms with van der Waals surface area (Å²) in [5.74, 6) is -1.43. The average molecular weight is 545 g/mol. The molecule has 0 amide bonds. The van der Waals surface area contributed by atoms with E-state index >= 15 is 0 Å². The van der Waals surface area contributed by atoms with Gasteiger partial charge in [-0.1, -0.05) is 0 Å². The van der Waals surface area contributed by atoms with Gasteiger partial charge in [-0.2, -0.15) is 0 Å². The third-order valence-electron chi connectivity index (χ3n) is 2.28. The smallest absolute Gasteiger partial charge is 0.307 e. The van der Waals surface area contributed by atoms with Gasteiger partial charge < -0.3 is 33.5 Å². The average Bonchev–Trinajstić information content (AvgIpc) is 2.75. The highest BCUT2D eigenvalue weighted by Crippen LogP contribution is 1.78. The summed E-state index contributed by atoms with van der Waals surface area (Å²) in [6, 6.07) is 0. The molecule has 0 atom stereocenters. The molecule has 0 aromatic rings. The largest absolute Gasteiger partial charge is 0.469 e. The molecule has 0 aliphatic carbocycles. The van der Waals surface area contributed by atoms with Crippen LogP contribution in [0.4, 0.5) is 0 Å². The van der Waals surface area contributed by atoms with E-state index in [1.807, 2.05) is 0 Å². The molecule has 0 radical (unpaired) electrons. The molecule has 0 heterocycles. The first-order chi connectivity index (χ1) is 17.2. The van der Waals surface area contributed by atoms with Crippen molar-refractivity contribution in [2.45, 2.75) is 75.7 Å². The summed E-state index contributed by atoms with van der Waals surface area (Å²) in [5.41, 5.74) is 0. The monoisotopic (exact) mass is 544 g/mol. The fraction of sp³-hybridized carbons (Fsp3) is 0.750. The molecule has 13 heteroatoms. The van der Waals surface area contributed by atoms with Crippen LogP contribution in [0.3, 0.4) is 0 Å². The topological polar surface area (TPSA) is 178 Å². The Morgan fingerprint density at radius 2 is 0.676 bits per heavy atom. The first-order valence-electron chi connectivity index (χ1n) is 11.5. The summed E-state index contributed by atoms with van der Waals surface area (Å²) in [6.07, 6.45) is 0.0938. The minimum absolute atomic E-state index is 0.0938. The molecule has 0 aromatic carbocycles. The van der Waals surface area contributed by atoms with Crippen molar-refractivity contribution in [2.75, 3.05) is 46.8 Å². The summed E-state index contributed by atoms with van der Waals surface area (Å²) in [4.78, 5) is 59.1. The molecule has 0 rings (SSSR count). The number of carbonyl (C=O) groups is 6. The van der Waals surface area contributed by atoms with Crippen LogP contribution in [0.25, 0.3) is 0 Å². The predicted octanol–water partition coefficient (Wildman–Crippen LogP) is 2.39. The molecule has 37 heavy (non-hydrogen) atoms. The summed E-state index contributed by atoms with van der Waals surface area (Å²) < 4.78 is 26.2. The number of ether oxygens (including phenoxy) is 6. The fourth-order valence-electron chi connectivity index (χ4n) is 1.21. The Balaban J connectivity index is -0.0000000780. The van der Waals surface area contributed by atoms with E-state index in [0.717, 1.165) is 0 Å². The Hall–Kier alpha value is -3.22. The van der Waals surface area contributed by atoms with Crippen molar-refractivity contribution in [3.8, 4) is 0 Å². The van der Waals surface area contributed by atoms with E-state index in [2.05, 4.69) is 28.4 Å². The molecule has 0 aliphatic heterocycles. The van der Waals surface area contributed by atoms with E-state index in [9.17, 15) is 28.8 Å². The molecular weight excluding hydrogens is 496 g/mol. The first kappa shape index (κ1) is 47.0. The maximum absolute atomic E-state index is 10.0. The number of esters is 6. The third-order valence-corrected chi connectivity index (χ3v) is 2.28. The number of hydrogen-bond acceptors (Lipinski definition) is 13. The Bertz CT molecular complexity index is 468. The third kappa shape index (κ3) is 110. The van der Waals surface area contributed by atoms with Crippen LogP contribution < -0.4 is 0 Å². The van der Waals surface area contributed by atoms with E-state index < -0.39 is 0 Å². The van der Waals surface area contributed by atoms with Gasteiger partial charge in [-0.15, -0.1) is 0 Å². The SMILES string of the molecule is CCOC(C)=O.CCOC(C)=O.CCOC(C)=O.CCOC(C)=O.CCOC(C)=O.COC(=O)CCO. The van der Waals surface area contributed by atoms with Gasteiger partial charge in [0.1, 0.15) is 0 Å². The summed E-state index contributed by atoms with van der Waals surface area (Å²) in [6.45, 7) is 18.1. The first-order valence-corrected chi connectivity index (χ1v) is 11.5. The molecule has 0 bridgehead atoms. The normalized spacial score (nSPS) is 7.78. The summed E-state index contributed by atoms with van der Waals surface area (Å²) >= 11 is 0. The fourth-order valence-corrected chi connectivity index (χ4v) is 1.21. The molecular formula is C24H48O13. The molecule has 0 aromatic heterocycles. The van der Waals surface area contributed by atoms with Crippen LogP contribution in [0.1, 0.15) is 75.7 Å². The zero-order valence-corrected chi connectivity index (χ0v) is 24.3. The number of aliphatic hydroxyl groups is 1. The Morgan fingerprint density at radius 3 is 0.703 bits per heavy atom. The van der Waals surface area contributed by atoms with E-state index in [1.165, 1.54) is 41.7 Å². The minimum atomic E-state index is -0.373. The minimum Gasteiger partial charge on any atom is -0.469 e. The van der Waals surface area contributed by atoms with E-state index in [1.54, 1.807) is 34.6 Å². The standard InChI is InChI=1S/C4H8O3.5C4H8O2/c1-7-4(6)2-3-5;5*1-3-6-4(2)5/h5H,2-3H2,1H3;5*3H2,1-2H3. The molecule has 222 valence electrons. The van der Waals surface area contributed by atoms with Crippen molar-refractivity contribution >= 4 is 35.8 Å². The van der Waals surface area contributed by atoms with Crippen molar-refractivity contribution in [3.05, 3.63) is 0 Å². The number of rotatable bonds is 7. The highest BCUT2D eigenvalue weighted by atomic mass is 16.5. The van der Waals surface area contributed by atoms with E-state index in [-0.39, 0.29) is 48.8 Å². The molecule has 0 aliphatic rings. The second kappa shape index (κ2) is 42.9. The Kier molecular flexibility index (Phi) is 54.5. The van der Waals surface area contributed by atoms with Crippen LogP contribution in [0.5, 0.6) is 0 Å². The molecule has 0 fully saturated rings. The lowest BCUT2D eigenvalue weighted by molar-refractivity contribution is -0.142. The van der Waals surface area contributed by atoms with Crippen molar-refractivity contribution in [1.29, 1.82) is 0 Å². The zero-order valence-electron chi connectivity index (χ0n) is 24.3. The Labute approximate surface area is 221 Å². The zero-order chi connectivity index (χ0) is 30.7. The number of carbonyl (C=O) groups excluding carboxylic acids is 6.